The summed E-state index contributed by atoms with van der Waals surface area (Å²) in [6, 6.07) is 3.69. The Morgan fingerprint density at radius 2 is 2.48 bits per heavy atom. The number of aromatic amines is 1. The average Bonchev–Trinajstić information content (AvgIpc) is 3.13. The van der Waals surface area contributed by atoms with Crippen molar-refractivity contribution in [3.63, 3.8) is 0 Å². The molecule has 3 rings (SSSR count). The van der Waals surface area contributed by atoms with E-state index in [-0.39, 0.29) is 0 Å². The summed E-state index contributed by atoms with van der Waals surface area (Å²) in [5.41, 5.74) is 2.53. The van der Waals surface area contributed by atoms with Gasteiger partial charge in [-0.1, -0.05) is 6.58 Å². The van der Waals surface area contributed by atoms with Gasteiger partial charge >= 0.3 is 5.97 Å². The molecule has 2 N–H and O–H groups in total. The van der Waals surface area contributed by atoms with E-state index in [1.54, 1.807) is 18.3 Å². The van der Waals surface area contributed by atoms with Gasteiger partial charge in [0.2, 0.25) is 0 Å². The van der Waals surface area contributed by atoms with Crippen LogP contribution in [0.2, 0.25) is 0 Å². The molecule has 2 aromatic heterocycles. The third-order valence-electron chi connectivity index (χ3n) is 3.78. The van der Waals surface area contributed by atoms with Crippen LogP contribution in [0.5, 0.6) is 0 Å². The van der Waals surface area contributed by atoms with Gasteiger partial charge in [0.05, 0.1) is 5.92 Å². The monoisotopic (exact) mass is 304 g/mol. The minimum Gasteiger partial charge on any atom is -0.611 e. The summed E-state index contributed by atoms with van der Waals surface area (Å²) in [6.45, 7) is 4.26. The van der Waals surface area contributed by atoms with Gasteiger partial charge in [-0.2, -0.15) is 0 Å². The number of aliphatic carboxylic acids is 1. The SMILES string of the molecule is C=CC[S+]([O-])c1cc2n(c1-c1cc[nH]c1)CCC2C(=O)O. The molecule has 3 heterocycles. The van der Waals surface area contributed by atoms with E-state index >= 15 is 0 Å². The molecular formula is C15H16N2O3S. The van der Waals surface area contributed by atoms with Crippen LogP contribution in [0.15, 0.2) is 42.1 Å². The minimum atomic E-state index is -1.21. The lowest BCUT2D eigenvalue weighted by Crippen LogP contribution is -2.08. The summed E-state index contributed by atoms with van der Waals surface area (Å²) in [4.78, 5) is 15.0. The Labute approximate surface area is 125 Å². The van der Waals surface area contributed by atoms with Crippen LogP contribution in [0.3, 0.4) is 0 Å². The van der Waals surface area contributed by atoms with Gasteiger partial charge in [-0.3, -0.25) is 4.79 Å². The van der Waals surface area contributed by atoms with Crippen molar-refractivity contribution >= 4 is 17.1 Å². The third-order valence-corrected chi connectivity index (χ3v) is 5.12. The molecule has 0 amide bonds. The molecule has 110 valence electrons. The molecule has 0 aliphatic carbocycles. The number of hydrogen-bond donors (Lipinski definition) is 2. The Kier molecular flexibility index (Phi) is 3.65. The number of carbonyl (C=O) groups is 1. The lowest BCUT2D eigenvalue weighted by Gasteiger charge is -2.10. The van der Waals surface area contributed by atoms with Crippen LogP contribution in [0.1, 0.15) is 18.0 Å². The maximum Gasteiger partial charge on any atom is 0.312 e. The molecule has 2 aromatic rings. The average molecular weight is 304 g/mol. The Hall–Kier alpha value is -1.92. The zero-order valence-electron chi connectivity index (χ0n) is 11.4. The largest absolute Gasteiger partial charge is 0.611 e. The Balaban J connectivity index is 2.14. The lowest BCUT2D eigenvalue weighted by atomic mass is 10.1. The predicted octanol–water partition coefficient (Wildman–Crippen LogP) is 2.35. The number of aromatic nitrogens is 2. The maximum atomic E-state index is 12.4. The number of carboxylic acids is 1. The van der Waals surface area contributed by atoms with Crippen LogP contribution < -0.4 is 0 Å². The van der Waals surface area contributed by atoms with Crippen LogP contribution in [-0.2, 0) is 22.5 Å². The van der Waals surface area contributed by atoms with Gasteiger partial charge in [-0.15, -0.1) is 0 Å². The van der Waals surface area contributed by atoms with Crippen LogP contribution >= 0.6 is 0 Å². The first-order valence-corrected chi connectivity index (χ1v) is 8.04. The number of rotatable bonds is 5. The molecule has 0 spiro atoms. The molecule has 2 unspecified atom stereocenters. The summed E-state index contributed by atoms with van der Waals surface area (Å²) in [7, 11) is 0. The highest BCUT2D eigenvalue weighted by molar-refractivity contribution is 7.91. The van der Waals surface area contributed by atoms with Crippen molar-refractivity contribution in [2.45, 2.75) is 23.8 Å². The van der Waals surface area contributed by atoms with Gasteiger partial charge in [0.15, 0.2) is 4.90 Å². The predicted molar refractivity (Wildman–Crippen MR) is 80.7 cm³/mol. The second-order valence-electron chi connectivity index (χ2n) is 5.01. The van der Waals surface area contributed by atoms with Crippen molar-refractivity contribution in [1.29, 1.82) is 0 Å². The molecule has 2 atom stereocenters. The fourth-order valence-corrected chi connectivity index (χ4v) is 3.96. The van der Waals surface area contributed by atoms with Gasteiger partial charge in [0.1, 0.15) is 11.4 Å². The summed E-state index contributed by atoms with van der Waals surface area (Å²) in [5.74, 6) is -0.983. The topological polar surface area (TPSA) is 81.1 Å². The number of hydrogen-bond acceptors (Lipinski definition) is 2. The summed E-state index contributed by atoms with van der Waals surface area (Å²) >= 11 is -1.21. The zero-order valence-corrected chi connectivity index (χ0v) is 12.2. The Morgan fingerprint density at radius 1 is 1.67 bits per heavy atom. The molecule has 1 aliphatic rings. The fraction of sp³-hybridized carbons (Fsp3) is 0.267. The molecule has 0 aromatic carbocycles. The van der Waals surface area contributed by atoms with Gasteiger partial charge < -0.3 is 19.2 Å². The smallest absolute Gasteiger partial charge is 0.312 e. The Bertz CT molecular complexity index is 675. The third kappa shape index (κ3) is 2.30. The van der Waals surface area contributed by atoms with Crippen LogP contribution in [-0.4, -0.2) is 30.9 Å². The van der Waals surface area contributed by atoms with Crippen molar-refractivity contribution in [2.75, 3.05) is 5.75 Å². The van der Waals surface area contributed by atoms with Gasteiger partial charge in [-0.05, 0) is 29.7 Å². The quantitative estimate of drug-likeness (QED) is 0.657. The van der Waals surface area contributed by atoms with E-state index < -0.39 is 23.1 Å². The second kappa shape index (κ2) is 5.46. The number of carboxylic acid groups (broad SMARTS) is 1. The highest BCUT2D eigenvalue weighted by Crippen LogP contribution is 2.39. The van der Waals surface area contributed by atoms with Gasteiger partial charge in [0.25, 0.3) is 0 Å². The van der Waals surface area contributed by atoms with E-state index in [4.69, 9.17) is 0 Å². The molecule has 0 bridgehead atoms. The molecule has 0 fully saturated rings. The maximum absolute atomic E-state index is 12.4. The van der Waals surface area contributed by atoms with Crippen LogP contribution in [0, 0.1) is 0 Å². The highest BCUT2D eigenvalue weighted by Gasteiger charge is 2.35. The number of fused-ring (bicyclic) bond motifs is 1. The van der Waals surface area contributed by atoms with E-state index in [0.717, 1.165) is 17.0 Å². The molecule has 6 heteroatoms. The summed E-state index contributed by atoms with van der Waals surface area (Å²) in [6.07, 6.45) is 5.84. The van der Waals surface area contributed by atoms with Crippen molar-refractivity contribution in [3.8, 4) is 11.3 Å². The first kappa shape index (κ1) is 14.0. The van der Waals surface area contributed by atoms with Crippen LogP contribution in [0.25, 0.3) is 11.3 Å². The molecule has 1 aliphatic heterocycles. The normalized spacial score (nSPS) is 18.4. The number of nitrogens with one attached hydrogen (secondary N) is 1. The molecule has 0 radical (unpaired) electrons. The van der Waals surface area contributed by atoms with Gasteiger partial charge in [0, 0.05) is 36.3 Å². The van der Waals surface area contributed by atoms with E-state index in [2.05, 4.69) is 11.6 Å². The summed E-state index contributed by atoms with van der Waals surface area (Å²) < 4.78 is 14.4. The first-order chi connectivity index (χ1) is 10.1. The molecule has 21 heavy (non-hydrogen) atoms. The van der Waals surface area contributed by atoms with E-state index in [1.165, 1.54) is 0 Å². The number of H-pyrrole nitrogens is 1. The summed E-state index contributed by atoms with van der Waals surface area (Å²) in [5, 5.41) is 9.32. The van der Waals surface area contributed by atoms with Crippen molar-refractivity contribution in [2.24, 2.45) is 0 Å². The van der Waals surface area contributed by atoms with Crippen molar-refractivity contribution in [3.05, 3.63) is 42.9 Å². The molecule has 0 saturated carbocycles. The zero-order chi connectivity index (χ0) is 15.0. The molecule has 5 nitrogen and oxygen atoms in total. The fourth-order valence-electron chi connectivity index (χ4n) is 2.87. The van der Waals surface area contributed by atoms with E-state index in [9.17, 15) is 14.5 Å². The minimum absolute atomic E-state index is 0.360. The first-order valence-electron chi connectivity index (χ1n) is 6.72. The highest BCUT2D eigenvalue weighted by atomic mass is 32.2. The lowest BCUT2D eigenvalue weighted by molar-refractivity contribution is -0.138. The van der Waals surface area contributed by atoms with Crippen LogP contribution in [0.4, 0.5) is 0 Å². The Morgan fingerprint density at radius 3 is 3.10 bits per heavy atom. The number of nitrogens with zero attached hydrogens (tertiary/aromatic N) is 1. The van der Waals surface area contributed by atoms with Crippen molar-refractivity contribution < 1.29 is 14.5 Å². The van der Waals surface area contributed by atoms with Gasteiger partial charge in [-0.25, -0.2) is 0 Å². The second-order valence-corrected chi connectivity index (χ2v) is 6.48. The van der Waals surface area contributed by atoms with E-state index in [0.29, 0.717) is 23.6 Å². The van der Waals surface area contributed by atoms with Crippen molar-refractivity contribution in [1.82, 2.24) is 9.55 Å². The molecular weight excluding hydrogens is 288 g/mol. The molecule has 0 saturated heterocycles. The standard InChI is InChI=1S/C15H16N2O3S/c1-2-7-21(20)13-8-12-11(15(18)19)4-6-17(12)14(13)10-3-5-16-9-10/h2-3,5,8-9,11,16H,1,4,6-7H2,(H,18,19). The van der Waals surface area contributed by atoms with E-state index in [1.807, 2.05) is 16.8 Å².